The highest BCUT2D eigenvalue weighted by atomic mass is 16.3. The molecule has 3 heteroatoms. The lowest BCUT2D eigenvalue weighted by Gasteiger charge is -2.40. The van der Waals surface area contributed by atoms with Crippen LogP contribution in [0.5, 0.6) is 0 Å². The van der Waals surface area contributed by atoms with Crippen molar-refractivity contribution in [3.8, 4) is 0 Å². The predicted molar refractivity (Wildman–Crippen MR) is 77.3 cm³/mol. The van der Waals surface area contributed by atoms with E-state index in [1.54, 1.807) is 0 Å². The molecule has 0 bridgehead atoms. The summed E-state index contributed by atoms with van der Waals surface area (Å²) in [7, 11) is 4.41. The zero-order valence-electron chi connectivity index (χ0n) is 12.2. The third kappa shape index (κ3) is 2.59. The Morgan fingerprint density at radius 1 is 1.21 bits per heavy atom. The summed E-state index contributed by atoms with van der Waals surface area (Å²) in [5.41, 5.74) is 1.45. The van der Waals surface area contributed by atoms with Crippen molar-refractivity contribution in [2.24, 2.45) is 0 Å². The van der Waals surface area contributed by atoms with Gasteiger partial charge in [-0.05, 0) is 58.7 Å². The number of nitrogens with zero attached hydrogens (tertiary/aromatic N) is 1. The second-order valence-corrected chi connectivity index (χ2v) is 6.17. The zero-order valence-corrected chi connectivity index (χ0v) is 12.2. The molecule has 0 aliphatic heterocycles. The number of furan rings is 1. The second-order valence-electron chi connectivity index (χ2n) is 6.17. The first-order valence-corrected chi connectivity index (χ1v) is 7.75. The lowest BCUT2D eigenvalue weighted by molar-refractivity contribution is 0.115. The minimum absolute atomic E-state index is 0.582. The van der Waals surface area contributed by atoms with Crippen LogP contribution < -0.4 is 5.32 Å². The van der Waals surface area contributed by atoms with E-state index in [0.29, 0.717) is 6.04 Å². The molecule has 19 heavy (non-hydrogen) atoms. The van der Waals surface area contributed by atoms with Crippen LogP contribution in [-0.2, 0) is 6.42 Å². The van der Waals surface area contributed by atoms with Gasteiger partial charge in [-0.15, -0.1) is 0 Å². The molecule has 1 unspecified atom stereocenters. The Morgan fingerprint density at radius 2 is 2.00 bits per heavy atom. The smallest absolute Gasteiger partial charge is 0.108 e. The summed E-state index contributed by atoms with van der Waals surface area (Å²) < 4.78 is 5.62. The first-order valence-electron chi connectivity index (χ1n) is 7.75. The maximum Gasteiger partial charge on any atom is 0.108 e. The molecule has 0 spiro atoms. The van der Waals surface area contributed by atoms with Crippen molar-refractivity contribution in [2.45, 2.75) is 63.1 Å². The van der Waals surface area contributed by atoms with E-state index in [1.807, 2.05) is 6.26 Å². The summed E-state index contributed by atoms with van der Waals surface area (Å²) in [6.45, 7) is 0. The van der Waals surface area contributed by atoms with E-state index in [-0.39, 0.29) is 0 Å². The minimum Gasteiger partial charge on any atom is -0.469 e. The molecule has 106 valence electrons. The van der Waals surface area contributed by atoms with Crippen LogP contribution in [0.3, 0.4) is 0 Å². The van der Waals surface area contributed by atoms with E-state index in [1.165, 1.54) is 49.8 Å². The summed E-state index contributed by atoms with van der Waals surface area (Å²) in [4.78, 5) is 2.62. The Labute approximate surface area is 116 Å². The molecular formula is C16H26N2O. The quantitative estimate of drug-likeness (QED) is 0.907. The largest absolute Gasteiger partial charge is 0.469 e. The number of rotatable bonds is 3. The summed E-state index contributed by atoms with van der Waals surface area (Å²) in [6.07, 6.45) is 10.8. The molecule has 0 radical (unpaired) electrons. The number of hydrogen-bond donors (Lipinski definition) is 1. The van der Waals surface area contributed by atoms with Gasteiger partial charge in [0.05, 0.1) is 6.26 Å². The van der Waals surface area contributed by atoms with Crippen molar-refractivity contribution in [3.05, 3.63) is 23.7 Å². The summed E-state index contributed by atoms with van der Waals surface area (Å²) in [6, 6.07) is 4.25. The summed E-state index contributed by atoms with van der Waals surface area (Å²) in [5.74, 6) is 1.23. The maximum atomic E-state index is 5.62. The SMILES string of the molecule is CNC1CCC(N(C)C2CCCc3occc32)CC1. The lowest BCUT2D eigenvalue weighted by Crippen LogP contribution is -2.42. The summed E-state index contributed by atoms with van der Waals surface area (Å²) >= 11 is 0. The molecule has 1 atom stereocenters. The average molecular weight is 262 g/mol. The Morgan fingerprint density at radius 3 is 2.74 bits per heavy atom. The molecule has 2 aliphatic carbocycles. The lowest BCUT2D eigenvalue weighted by atomic mass is 9.86. The highest BCUT2D eigenvalue weighted by molar-refractivity contribution is 5.24. The van der Waals surface area contributed by atoms with Crippen LogP contribution in [-0.4, -0.2) is 31.1 Å². The molecular weight excluding hydrogens is 236 g/mol. The average Bonchev–Trinajstić information content (AvgIpc) is 2.95. The number of aryl methyl sites for hydroxylation is 1. The molecule has 0 amide bonds. The van der Waals surface area contributed by atoms with Crippen molar-refractivity contribution >= 4 is 0 Å². The molecule has 1 fully saturated rings. The van der Waals surface area contributed by atoms with Gasteiger partial charge in [0.1, 0.15) is 5.76 Å². The van der Waals surface area contributed by atoms with Crippen LogP contribution in [0.1, 0.15) is 55.9 Å². The maximum absolute atomic E-state index is 5.62. The minimum atomic E-state index is 0.582. The van der Waals surface area contributed by atoms with Gasteiger partial charge in [-0.25, -0.2) is 0 Å². The van der Waals surface area contributed by atoms with Gasteiger partial charge in [-0.1, -0.05) is 0 Å². The van der Waals surface area contributed by atoms with E-state index in [0.717, 1.165) is 18.5 Å². The van der Waals surface area contributed by atoms with E-state index >= 15 is 0 Å². The molecule has 2 aliphatic rings. The van der Waals surface area contributed by atoms with E-state index in [9.17, 15) is 0 Å². The van der Waals surface area contributed by atoms with E-state index in [4.69, 9.17) is 4.42 Å². The van der Waals surface area contributed by atoms with Gasteiger partial charge < -0.3 is 9.73 Å². The standard InChI is InChI=1S/C16H26N2O/c1-17-12-6-8-13(9-7-12)18(2)15-4-3-5-16-14(15)10-11-19-16/h10-13,15,17H,3-9H2,1-2H3. The monoisotopic (exact) mass is 262 g/mol. The molecule has 1 N–H and O–H groups in total. The Bertz CT molecular complexity index is 407. The van der Waals surface area contributed by atoms with Crippen molar-refractivity contribution in [3.63, 3.8) is 0 Å². The van der Waals surface area contributed by atoms with Gasteiger partial charge in [0.15, 0.2) is 0 Å². The van der Waals surface area contributed by atoms with E-state index in [2.05, 4.69) is 30.4 Å². The van der Waals surface area contributed by atoms with Crippen molar-refractivity contribution in [2.75, 3.05) is 14.1 Å². The first kappa shape index (κ1) is 13.2. The van der Waals surface area contributed by atoms with Crippen LogP contribution >= 0.6 is 0 Å². The Hall–Kier alpha value is -0.800. The topological polar surface area (TPSA) is 28.4 Å². The normalized spacial score (nSPS) is 31.4. The van der Waals surface area contributed by atoms with Crippen LogP contribution in [0.15, 0.2) is 16.7 Å². The summed E-state index contributed by atoms with van der Waals surface area (Å²) in [5, 5.41) is 3.42. The number of fused-ring (bicyclic) bond motifs is 1. The van der Waals surface area contributed by atoms with Crippen LogP contribution in [0.4, 0.5) is 0 Å². The van der Waals surface area contributed by atoms with Crippen molar-refractivity contribution < 1.29 is 4.42 Å². The third-order valence-corrected chi connectivity index (χ3v) is 5.19. The fraction of sp³-hybridized carbons (Fsp3) is 0.750. The van der Waals surface area contributed by atoms with Gasteiger partial charge >= 0.3 is 0 Å². The van der Waals surface area contributed by atoms with Gasteiger partial charge in [-0.2, -0.15) is 0 Å². The van der Waals surface area contributed by atoms with Gasteiger partial charge in [0.25, 0.3) is 0 Å². The van der Waals surface area contributed by atoms with Gasteiger partial charge in [0, 0.05) is 30.1 Å². The molecule has 3 rings (SSSR count). The predicted octanol–water partition coefficient (Wildman–Crippen LogP) is 3.12. The van der Waals surface area contributed by atoms with Crippen LogP contribution in [0.2, 0.25) is 0 Å². The highest BCUT2D eigenvalue weighted by Gasteiger charge is 2.31. The molecule has 1 aromatic heterocycles. The number of hydrogen-bond acceptors (Lipinski definition) is 3. The fourth-order valence-electron chi connectivity index (χ4n) is 3.91. The molecule has 1 saturated carbocycles. The fourth-order valence-corrected chi connectivity index (χ4v) is 3.91. The molecule has 3 nitrogen and oxygen atoms in total. The first-order chi connectivity index (χ1) is 9.29. The highest BCUT2D eigenvalue weighted by Crippen LogP contribution is 2.37. The second kappa shape index (κ2) is 5.68. The molecule has 0 aromatic carbocycles. The number of nitrogens with one attached hydrogen (secondary N) is 1. The Balaban J connectivity index is 1.67. The van der Waals surface area contributed by atoms with E-state index < -0.39 is 0 Å². The van der Waals surface area contributed by atoms with Gasteiger partial charge in [-0.3, -0.25) is 4.90 Å². The van der Waals surface area contributed by atoms with Crippen molar-refractivity contribution in [1.29, 1.82) is 0 Å². The zero-order chi connectivity index (χ0) is 13.2. The van der Waals surface area contributed by atoms with Crippen LogP contribution in [0.25, 0.3) is 0 Å². The van der Waals surface area contributed by atoms with Gasteiger partial charge in [0.2, 0.25) is 0 Å². The molecule has 0 saturated heterocycles. The Kier molecular flexibility index (Phi) is 3.94. The van der Waals surface area contributed by atoms with Crippen LogP contribution in [0, 0.1) is 0 Å². The third-order valence-electron chi connectivity index (χ3n) is 5.19. The van der Waals surface area contributed by atoms with Crippen molar-refractivity contribution in [1.82, 2.24) is 10.2 Å². The molecule has 1 aromatic rings. The molecule has 1 heterocycles.